The molecule has 0 aliphatic rings. The van der Waals surface area contributed by atoms with E-state index in [-0.39, 0.29) is 17.1 Å². The summed E-state index contributed by atoms with van der Waals surface area (Å²) in [4.78, 5) is 26.7. The third kappa shape index (κ3) is 3.53. The van der Waals surface area contributed by atoms with E-state index in [9.17, 15) is 9.59 Å². The van der Waals surface area contributed by atoms with Crippen molar-refractivity contribution in [2.45, 2.75) is 45.6 Å². The van der Waals surface area contributed by atoms with Crippen LogP contribution in [0.15, 0.2) is 18.3 Å². The lowest BCUT2D eigenvalue weighted by Gasteiger charge is -2.31. The van der Waals surface area contributed by atoms with Crippen LogP contribution in [0.1, 0.15) is 60.9 Å². The molecule has 0 aromatic carbocycles. The van der Waals surface area contributed by atoms with Gasteiger partial charge in [0.25, 0.3) is 5.91 Å². The van der Waals surface area contributed by atoms with Crippen molar-refractivity contribution in [3.63, 3.8) is 0 Å². The summed E-state index contributed by atoms with van der Waals surface area (Å²) in [5, 5.41) is 11.9. The number of aromatic nitrogens is 1. The van der Waals surface area contributed by atoms with Crippen LogP contribution in [0.3, 0.4) is 0 Å². The molecule has 5 heteroatoms. The van der Waals surface area contributed by atoms with Crippen LogP contribution in [0.4, 0.5) is 0 Å². The van der Waals surface area contributed by atoms with Crippen molar-refractivity contribution in [3.05, 3.63) is 29.6 Å². The van der Waals surface area contributed by atoms with Crippen LogP contribution in [0.2, 0.25) is 0 Å². The summed E-state index contributed by atoms with van der Waals surface area (Å²) < 4.78 is 0. The van der Waals surface area contributed by atoms with E-state index in [1.807, 2.05) is 20.8 Å². The average Bonchev–Trinajstić information content (AvgIpc) is 2.45. The lowest BCUT2D eigenvalue weighted by atomic mass is 9.89. The van der Waals surface area contributed by atoms with Gasteiger partial charge in [0.1, 0.15) is 5.69 Å². The van der Waals surface area contributed by atoms with E-state index in [1.54, 1.807) is 0 Å². The Labute approximate surface area is 113 Å². The minimum Gasteiger partial charge on any atom is -0.477 e. The molecule has 0 bridgehead atoms. The molecule has 0 aliphatic heterocycles. The second-order valence-corrected chi connectivity index (χ2v) is 4.53. The highest BCUT2D eigenvalue weighted by Crippen LogP contribution is 2.20. The Morgan fingerprint density at radius 1 is 1.26 bits per heavy atom. The van der Waals surface area contributed by atoms with Gasteiger partial charge in [0.15, 0.2) is 0 Å². The third-order valence-corrected chi connectivity index (χ3v) is 3.65. The quantitative estimate of drug-likeness (QED) is 0.827. The summed E-state index contributed by atoms with van der Waals surface area (Å²) in [6.07, 6.45) is 3.84. The Hall–Kier alpha value is -1.91. The van der Waals surface area contributed by atoms with Crippen molar-refractivity contribution in [2.75, 3.05) is 0 Å². The average molecular weight is 264 g/mol. The summed E-state index contributed by atoms with van der Waals surface area (Å²) in [6.45, 7) is 6.09. The summed E-state index contributed by atoms with van der Waals surface area (Å²) in [5.74, 6) is -1.39. The second kappa shape index (κ2) is 6.31. The van der Waals surface area contributed by atoms with Crippen molar-refractivity contribution in [1.82, 2.24) is 10.3 Å². The minimum absolute atomic E-state index is 0.122. The fraction of sp³-hybridized carbons (Fsp3) is 0.500. The number of carbonyl (C=O) groups excluding carboxylic acids is 1. The van der Waals surface area contributed by atoms with Crippen molar-refractivity contribution in [1.29, 1.82) is 0 Å². The van der Waals surface area contributed by atoms with Crippen molar-refractivity contribution in [2.24, 2.45) is 0 Å². The van der Waals surface area contributed by atoms with Crippen molar-refractivity contribution >= 4 is 11.9 Å². The largest absolute Gasteiger partial charge is 0.477 e. The second-order valence-electron chi connectivity index (χ2n) is 4.53. The predicted molar refractivity (Wildman–Crippen MR) is 72.3 cm³/mol. The summed E-state index contributed by atoms with van der Waals surface area (Å²) in [6, 6.07) is 2.82. The van der Waals surface area contributed by atoms with Crippen LogP contribution in [0, 0.1) is 0 Å². The highest BCUT2D eigenvalue weighted by molar-refractivity contribution is 5.97. The fourth-order valence-electron chi connectivity index (χ4n) is 2.02. The first kappa shape index (κ1) is 15.1. The third-order valence-electron chi connectivity index (χ3n) is 3.65. The Morgan fingerprint density at radius 2 is 1.84 bits per heavy atom. The van der Waals surface area contributed by atoms with Gasteiger partial charge in [-0.2, -0.15) is 0 Å². The summed E-state index contributed by atoms with van der Waals surface area (Å²) in [5.41, 5.74) is -0.0288. The molecule has 5 nitrogen and oxygen atoms in total. The molecule has 0 fully saturated rings. The Bertz CT molecular complexity index is 459. The number of carbonyl (C=O) groups is 2. The lowest BCUT2D eigenvalue weighted by molar-refractivity contribution is 0.0690. The van der Waals surface area contributed by atoms with Crippen molar-refractivity contribution in [3.8, 4) is 0 Å². The molecule has 0 spiro atoms. The van der Waals surface area contributed by atoms with E-state index in [2.05, 4.69) is 10.3 Å². The molecule has 0 saturated carbocycles. The predicted octanol–water partition coefficient (Wildman–Crippen LogP) is 2.48. The first-order chi connectivity index (χ1) is 8.98. The number of carboxylic acid groups (broad SMARTS) is 1. The van der Waals surface area contributed by atoms with Crippen LogP contribution in [-0.2, 0) is 0 Å². The van der Waals surface area contributed by atoms with Crippen LogP contribution >= 0.6 is 0 Å². The summed E-state index contributed by atoms with van der Waals surface area (Å²) >= 11 is 0. The first-order valence-corrected chi connectivity index (χ1v) is 6.50. The molecule has 0 radical (unpaired) electrons. The van der Waals surface area contributed by atoms with Crippen LogP contribution in [-0.4, -0.2) is 27.5 Å². The smallest absolute Gasteiger partial charge is 0.354 e. The molecule has 1 amide bonds. The molecule has 2 N–H and O–H groups in total. The molecule has 0 atom stereocenters. The number of nitrogens with one attached hydrogen (secondary N) is 1. The highest BCUT2D eigenvalue weighted by Gasteiger charge is 2.26. The van der Waals surface area contributed by atoms with Gasteiger partial charge in [-0.1, -0.05) is 20.8 Å². The first-order valence-electron chi connectivity index (χ1n) is 6.50. The molecule has 104 valence electrons. The normalized spacial score (nSPS) is 11.1. The summed E-state index contributed by atoms with van der Waals surface area (Å²) in [7, 11) is 0. The van der Waals surface area contributed by atoms with Crippen LogP contribution < -0.4 is 5.32 Å². The maximum Gasteiger partial charge on any atom is 0.354 e. The molecule has 1 rings (SSSR count). The molecule has 0 aliphatic carbocycles. The van der Waals surface area contributed by atoms with E-state index in [0.717, 1.165) is 19.3 Å². The molecule has 0 saturated heterocycles. The van der Waals surface area contributed by atoms with Gasteiger partial charge >= 0.3 is 5.97 Å². The SMILES string of the molecule is CCC(CC)(CC)NC(=O)c1ccnc(C(=O)O)c1. The Morgan fingerprint density at radius 3 is 2.32 bits per heavy atom. The zero-order valence-electron chi connectivity index (χ0n) is 11.6. The molecule has 1 aromatic heterocycles. The standard InChI is InChI=1S/C14H20N2O3/c1-4-14(5-2,6-3)16-12(17)10-7-8-15-11(9-10)13(18)19/h7-9H,4-6H2,1-3H3,(H,16,17)(H,18,19). The van der Waals surface area contributed by atoms with Gasteiger partial charge in [0, 0.05) is 17.3 Å². The van der Waals surface area contributed by atoms with Gasteiger partial charge in [-0.25, -0.2) is 9.78 Å². The van der Waals surface area contributed by atoms with E-state index >= 15 is 0 Å². The zero-order valence-corrected chi connectivity index (χ0v) is 11.6. The van der Waals surface area contributed by atoms with Crippen LogP contribution in [0.25, 0.3) is 0 Å². The molecule has 0 unspecified atom stereocenters. The zero-order chi connectivity index (χ0) is 14.5. The highest BCUT2D eigenvalue weighted by atomic mass is 16.4. The molecular weight excluding hydrogens is 244 g/mol. The van der Waals surface area contributed by atoms with E-state index < -0.39 is 5.97 Å². The maximum atomic E-state index is 12.2. The fourth-order valence-corrected chi connectivity index (χ4v) is 2.02. The number of hydrogen-bond acceptors (Lipinski definition) is 3. The van der Waals surface area contributed by atoms with Crippen molar-refractivity contribution < 1.29 is 14.7 Å². The Kier molecular flexibility index (Phi) is 5.03. The number of aromatic carboxylic acids is 1. The topological polar surface area (TPSA) is 79.3 Å². The molecule has 19 heavy (non-hydrogen) atoms. The molecule has 1 aromatic rings. The minimum atomic E-state index is -1.14. The molecular formula is C14H20N2O3. The van der Waals surface area contributed by atoms with E-state index in [1.165, 1.54) is 18.3 Å². The van der Waals surface area contributed by atoms with E-state index in [0.29, 0.717) is 5.56 Å². The monoisotopic (exact) mass is 264 g/mol. The Balaban J connectivity index is 2.94. The number of carboxylic acids is 1. The van der Waals surface area contributed by atoms with Gasteiger partial charge in [-0.05, 0) is 31.4 Å². The number of nitrogens with zero attached hydrogens (tertiary/aromatic N) is 1. The number of hydrogen-bond donors (Lipinski definition) is 2. The van der Waals surface area contributed by atoms with Gasteiger partial charge in [0.2, 0.25) is 0 Å². The molecule has 1 heterocycles. The van der Waals surface area contributed by atoms with Crippen LogP contribution in [0.5, 0.6) is 0 Å². The number of pyridine rings is 1. The lowest BCUT2D eigenvalue weighted by Crippen LogP contribution is -2.47. The van der Waals surface area contributed by atoms with Gasteiger partial charge < -0.3 is 10.4 Å². The van der Waals surface area contributed by atoms with Gasteiger partial charge in [0.05, 0.1) is 0 Å². The van der Waals surface area contributed by atoms with Gasteiger partial charge in [-0.3, -0.25) is 4.79 Å². The maximum absolute atomic E-state index is 12.2. The van der Waals surface area contributed by atoms with E-state index in [4.69, 9.17) is 5.11 Å². The number of rotatable bonds is 6. The van der Waals surface area contributed by atoms with Gasteiger partial charge in [-0.15, -0.1) is 0 Å². The number of amides is 1.